The zero-order chi connectivity index (χ0) is 28.1. The van der Waals surface area contributed by atoms with E-state index in [-0.39, 0.29) is 11.3 Å². The molecule has 40 heavy (non-hydrogen) atoms. The zero-order valence-electron chi connectivity index (χ0n) is 22.5. The molecule has 8 nitrogen and oxygen atoms in total. The SMILES string of the molecule is COc1ccc([C@H]2/C(=C(\O)c3ccc(OCc4cccc(C)c4)cc3)C(=O)C(=O)N2CCCn2ccnc2)cc1. The van der Waals surface area contributed by atoms with Crippen molar-refractivity contribution in [3.05, 3.63) is 119 Å². The fraction of sp³-hybridized carbons (Fsp3) is 0.219. The average molecular weight is 538 g/mol. The van der Waals surface area contributed by atoms with Gasteiger partial charge in [0.15, 0.2) is 0 Å². The number of hydrogen-bond acceptors (Lipinski definition) is 6. The van der Waals surface area contributed by atoms with Gasteiger partial charge in [-0.15, -0.1) is 0 Å². The van der Waals surface area contributed by atoms with Gasteiger partial charge >= 0.3 is 0 Å². The Morgan fingerprint density at radius 3 is 2.40 bits per heavy atom. The number of aromatic nitrogens is 2. The molecule has 1 fully saturated rings. The summed E-state index contributed by atoms with van der Waals surface area (Å²) >= 11 is 0. The van der Waals surface area contributed by atoms with Crippen LogP contribution in [0.15, 0.2) is 97.1 Å². The average Bonchev–Trinajstić information content (AvgIpc) is 3.58. The van der Waals surface area contributed by atoms with Crippen LogP contribution in [0.2, 0.25) is 0 Å². The Labute approximate surface area is 233 Å². The molecular weight excluding hydrogens is 506 g/mol. The van der Waals surface area contributed by atoms with Crippen molar-refractivity contribution in [1.29, 1.82) is 0 Å². The van der Waals surface area contributed by atoms with Crippen LogP contribution in [0.1, 0.15) is 34.7 Å². The highest BCUT2D eigenvalue weighted by atomic mass is 16.5. The zero-order valence-corrected chi connectivity index (χ0v) is 22.5. The van der Waals surface area contributed by atoms with Crippen molar-refractivity contribution in [2.45, 2.75) is 32.5 Å². The summed E-state index contributed by atoms with van der Waals surface area (Å²) in [5, 5.41) is 11.4. The van der Waals surface area contributed by atoms with Gasteiger partial charge in [-0.25, -0.2) is 4.98 Å². The summed E-state index contributed by atoms with van der Waals surface area (Å²) in [6.45, 7) is 3.42. The Balaban J connectivity index is 1.41. The number of carbonyl (C=O) groups excluding carboxylic acids is 2. The van der Waals surface area contributed by atoms with Crippen molar-refractivity contribution in [1.82, 2.24) is 14.5 Å². The summed E-state index contributed by atoms with van der Waals surface area (Å²) in [5.74, 6) is -0.278. The standard InChI is InChI=1S/C32H31N3O5/c1-22-5-3-6-23(19-22)20-40-27-13-9-25(10-14-27)30(36)28-29(24-7-11-26(39-2)12-8-24)35(32(38)31(28)37)17-4-16-34-18-15-33-21-34/h3,5-15,18-19,21,29,36H,4,16-17,20H2,1-2H3/b30-28+/t29-/m0/s1. The molecule has 1 aliphatic heterocycles. The van der Waals surface area contributed by atoms with Crippen LogP contribution in [0.25, 0.3) is 5.76 Å². The summed E-state index contributed by atoms with van der Waals surface area (Å²) in [4.78, 5) is 32.1. The quantitative estimate of drug-likeness (QED) is 0.168. The number of carbonyl (C=O) groups is 2. The van der Waals surface area contributed by atoms with Crippen LogP contribution in [0, 0.1) is 6.92 Å². The van der Waals surface area contributed by atoms with Gasteiger partial charge in [0.2, 0.25) is 0 Å². The van der Waals surface area contributed by atoms with Crippen molar-refractivity contribution < 1.29 is 24.2 Å². The highest BCUT2D eigenvalue weighted by Crippen LogP contribution is 2.40. The molecule has 1 saturated heterocycles. The van der Waals surface area contributed by atoms with E-state index in [1.165, 1.54) is 4.90 Å². The number of benzene rings is 3. The molecule has 0 saturated carbocycles. The molecule has 1 atom stereocenters. The molecule has 8 heteroatoms. The molecule has 0 aliphatic carbocycles. The van der Waals surface area contributed by atoms with Gasteiger partial charge in [-0.3, -0.25) is 9.59 Å². The first-order chi connectivity index (χ1) is 19.4. The molecule has 1 aliphatic rings. The van der Waals surface area contributed by atoms with Crippen LogP contribution in [-0.2, 0) is 22.7 Å². The summed E-state index contributed by atoms with van der Waals surface area (Å²) in [6, 6.07) is 21.4. The minimum absolute atomic E-state index is 0.0613. The number of nitrogens with zero attached hydrogens (tertiary/aromatic N) is 3. The maximum absolute atomic E-state index is 13.3. The molecule has 0 radical (unpaired) electrons. The number of hydrogen-bond donors (Lipinski definition) is 1. The van der Waals surface area contributed by atoms with Crippen molar-refractivity contribution in [2.24, 2.45) is 0 Å². The lowest BCUT2D eigenvalue weighted by Gasteiger charge is -2.25. The van der Waals surface area contributed by atoms with Gasteiger partial charge in [-0.05, 0) is 60.9 Å². The van der Waals surface area contributed by atoms with Gasteiger partial charge in [-0.2, -0.15) is 0 Å². The number of amides is 1. The largest absolute Gasteiger partial charge is 0.507 e. The minimum Gasteiger partial charge on any atom is -0.507 e. The molecular formula is C32H31N3O5. The molecule has 4 aromatic rings. The van der Waals surface area contributed by atoms with E-state index in [1.54, 1.807) is 56.0 Å². The number of aryl methyl sites for hydroxylation is 2. The lowest BCUT2D eigenvalue weighted by molar-refractivity contribution is -0.139. The Morgan fingerprint density at radius 1 is 0.975 bits per heavy atom. The molecule has 1 aromatic heterocycles. The Morgan fingerprint density at radius 2 is 1.73 bits per heavy atom. The number of ketones is 1. The third-order valence-corrected chi connectivity index (χ3v) is 6.96. The van der Waals surface area contributed by atoms with Crippen LogP contribution in [0.4, 0.5) is 0 Å². The summed E-state index contributed by atoms with van der Waals surface area (Å²) in [7, 11) is 1.57. The number of methoxy groups -OCH3 is 1. The Hall–Kier alpha value is -4.85. The first-order valence-electron chi connectivity index (χ1n) is 13.1. The summed E-state index contributed by atoms with van der Waals surface area (Å²) < 4.78 is 13.1. The lowest BCUT2D eigenvalue weighted by atomic mass is 9.95. The summed E-state index contributed by atoms with van der Waals surface area (Å²) in [6.07, 6.45) is 5.87. The van der Waals surface area contributed by atoms with Gasteiger partial charge < -0.3 is 24.0 Å². The maximum atomic E-state index is 13.3. The second-order valence-corrected chi connectivity index (χ2v) is 9.72. The maximum Gasteiger partial charge on any atom is 0.295 e. The van der Waals surface area contributed by atoms with E-state index in [1.807, 2.05) is 48.0 Å². The third-order valence-electron chi connectivity index (χ3n) is 6.96. The van der Waals surface area contributed by atoms with Crippen LogP contribution >= 0.6 is 0 Å². The van der Waals surface area contributed by atoms with Gasteiger partial charge in [0.25, 0.3) is 11.7 Å². The lowest BCUT2D eigenvalue weighted by Crippen LogP contribution is -2.31. The molecule has 1 N–H and O–H groups in total. The van der Waals surface area contributed by atoms with Crippen LogP contribution in [0.3, 0.4) is 0 Å². The van der Waals surface area contributed by atoms with Crippen molar-refractivity contribution in [2.75, 3.05) is 13.7 Å². The minimum atomic E-state index is -0.731. The van der Waals surface area contributed by atoms with Crippen LogP contribution in [0.5, 0.6) is 11.5 Å². The molecule has 0 bridgehead atoms. The third kappa shape index (κ3) is 5.76. The second-order valence-electron chi connectivity index (χ2n) is 9.72. The predicted molar refractivity (Wildman–Crippen MR) is 151 cm³/mol. The predicted octanol–water partition coefficient (Wildman–Crippen LogP) is 5.29. The van der Waals surface area contributed by atoms with Crippen molar-refractivity contribution in [3.63, 3.8) is 0 Å². The molecule has 204 valence electrons. The number of rotatable bonds is 10. The molecule has 3 aromatic carbocycles. The number of aliphatic hydroxyl groups excluding tert-OH is 1. The highest BCUT2D eigenvalue weighted by molar-refractivity contribution is 6.46. The molecule has 0 unspecified atom stereocenters. The number of ether oxygens (including phenoxy) is 2. The number of imidazole rings is 1. The first kappa shape index (κ1) is 26.7. The molecule has 0 spiro atoms. The van der Waals surface area contributed by atoms with E-state index in [2.05, 4.69) is 11.1 Å². The fourth-order valence-electron chi connectivity index (χ4n) is 4.92. The normalized spacial score (nSPS) is 16.4. The van der Waals surface area contributed by atoms with E-state index < -0.39 is 17.7 Å². The molecule has 5 rings (SSSR count). The second kappa shape index (κ2) is 11.9. The monoisotopic (exact) mass is 537 g/mol. The van der Waals surface area contributed by atoms with Gasteiger partial charge in [0.05, 0.1) is 25.1 Å². The van der Waals surface area contributed by atoms with Gasteiger partial charge in [0, 0.05) is 31.0 Å². The summed E-state index contributed by atoms with van der Waals surface area (Å²) in [5.41, 5.74) is 3.41. The van der Waals surface area contributed by atoms with Gasteiger partial charge in [0.1, 0.15) is 23.9 Å². The number of likely N-dealkylation sites (tertiary alicyclic amines) is 1. The van der Waals surface area contributed by atoms with E-state index in [9.17, 15) is 14.7 Å². The highest BCUT2D eigenvalue weighted by Gasteiger charge is 2.45. The topological polar surface area (TPSA) is 93.9 Å². The van der Waals surface area contributed by atoms with Crippen molar-refractivity contribution >= 4 is 17.4 Å². The number of Topliss-reactive ketones (excluding diaryl/α,β-unsaturated/α-hetero) is 1. The van der Waals surface area contributed by atoms with Gasteiger partial charge in [-0.1, -0.05) is 42.0 Å². The van der Waals surface area contributed by atoms with E-state index in [0.29, 0.717) is 48.7 Å². The molecule has 2 heterocycles. The van der Waals surface area contributed by atoms with E-state index in [0.717, 1.165) is 11.1 Å². The first-order valence-corrected chi connectivity index (χ1v) is 13.1. The van der Waals surface area contributed by atoms with Crippen LogP contribution in [-0.4, -0.2) is 44.9 Å². The van der Waals surface area contributed by atoms with Crippen molar-refractivity contribution in [3.8, 4) is 11.5 Å². The van der Waals surface area contributed by atoms with Crippen LogP contribution < -0.4 is 9.47 Å². The molecule has 1 amide bonds. The van der Waals surface area contributed by atoms with E-state index >= 15 is 0 Å². The Kier molecular flexibility index (Phi) is 7.96. The smallest absolute Gasteiger partial charge is 0.295 e. The Bertz CT molecular complexity index is 1510. The number of aliphatic hydroxyl groups is 1. The fourth-order valence-corrected chi connectivity index (χ4v) is 4.92. The van der Waals surface area contributed by atoms with E-state index in [4.69, 9.17) is 9.47 Å².